The van der Waals surface area contributed by atoms with Crippen molar-refractivity contribution in [2.24, 2.45) is 0 Å². The molecule has 2 N–H and O–H groups in total. The van der Waals surface area contributed by atoms with Crippen LogP contribution in [0.25, 0.3) is 10.2 Å². The topological polar surface area (TPSA) is 74.8 Å². The number of hydrogen-bond acceptors (Lipinski definition) is 4. The maximum absolute atomic E-state index is 13.8. The molecule has 1 aromatic carbocycles. The van der Waals surface area contributed by atoms with E-state index in [9.17, 15) is 14.0 Å². The molecule has 1 amide bonds. The van der Waals surface area contributed by atoms with Gasteiger partial charge in [-0.25, -0.2) is 9.37 Å². The number of aryl methyl sites for hydroxylation is 3. The van der Waals surface area contributed by atoms with Gasteiger partial charge in [-0.2, -0.15) is 0 Å². The lowest BCUT2D eigenvalue weighted by molar-refractivity contribution is -0.121. The Labute approximate surface area is 159 Å². The van der Waals surface area contributed by atoms with Crippen molar-refractivity contribution in [1.29, 1.82) is 0 Å². The first-order valence-corrected chi connectivity index (χ1v) is 9.92. The highest BCUT2D eigenvalue weighted by Gasteiger charge is 2.21. The average molecular weight is 385 g/mol. The van der Waals surface area contributed by atoms with Crippen molar-refractivity contribution in [2.45, 2.75) is 45.1 Å². The third-order valence-corrected chi connectivity index (χ3v) is 6.15. The minimum absolute atomic E-state index is 0.116. The molecule has 5 nitrogen and oxygen atoms in total. The lowest BCUT2D eigenvalue weighted by Gasteiger charge is -2.15. The molecule has 2 aromatic heterocycles. The van der Waals surface area contributed by atoms with Crippen LogP contribution in [0.4, 0.5) is 4.39 Å². The van der Waals surface area contributed by atoms with Gasteiger partial charge in [0.15, 0.2) is 0 Å². The molecule has 7 heteroatoms. The van der Waals surface area contributed by atoms with Crippen molar-refractivity contribution in [2.75, 3.05) is 0 Å². The van der Waals surface area contributed by atoms with E-state index in [0.717, 1.165) is 29.7 Å². The largest absolute Gasteiger partial charge is 0.349 e. The van der Waals surface area contributed by atoms with Crippen molar-refractivity contribution in [1.82, 2.24) is 15.3 Å². The van der Waals surface area contributed by atoms with Gasteiger partial charge in [0.1, 0.15) is 16.5 Å². The molecule has 4 rings (SSSR count). The van der Waals surface area contributed by atoms with Gasteiger partial charge in [0.25, 0.3) is 5.56 Å². The standard InChI is InChI=1S/C20H20FN3O2S/c1-11(12-5-2-3-7-14(12)21)22-17(25)10-9-16-23-19(26)18-13-6-4-8-15(13)27-20(18)24-16/h2-3,5,7,11H,4,6,8-10H2,1H3,(H,22,25)(H,23,24,26). The Kier molecular flexibility index (Phi) is 4.78. The van der Waals surface area contributed by atoms with E-state index < -0.39 is 6.04 Å². The summed E-state index contributed by atoms with van der Waals surface area (Å²) in [7, 11) is 0. The van der Waals surface area contributed by atoms with Gasteiger partial charge in [-0.1, -0.05) is 18.2 Å². The van der Waals surface area contributed by atoms with E-state index >= 15 is 0 Å². The second-order valence-electron chi connectivity index (χ2n) is 6.86. The Bertz CT molecular complexity index is 1070. The molecule has 2 heterocycles. The van der Waals surface area contributed by atoms with Gasteiger partial charge in [0, 0.05) is 23.3 Å². The average Bonchev–Trinajstić information content (AvgIpc) is 3.20. The number of aromatic amines is 1. The van der Waals surface area contributed by atoms with E-state index in [1.165, 1.54) is 10.9 Å². The number of benzene rings is 1. The number of hydrogen-bond donors (Lipinski definition) is 2. The third-order valence-electron chi connectivity index (χ3n) is 4.96. The second-order valence-corrected chi connectivity index (χ2v) is 7.94. The van der Waals surface area contributed by atoms with Crippen molar-refractivity contribution < 1.29 is 9.18 Å². The highest BCUT2D eigenvalue weighted by atomic mass is 32.1. The lowest BCUT2D eigenvalue weighted by Crippen LogP contribution is -2.27. The lowest BCUT2D eigenvalue weighted by atomic mass is 10.1. The first-order chi connectivity index (χ1) is 13.0. The molecule has 0 bridgehead atoms. The maximum atomic E-state index is 13.8. The molecular formula is C20H20FN3O2S. The number of carbonyl (C=O) groups excluding carboxylic acids is 1. The van der Waals surface area contributed by atoms with Crippen molar-refractivity contribution in [3.63, 3.8) is 0 Å². The van der Waals surface area contributed by atoms with E-state index in [0.29, 0.717) is 23.2 Å². The van der Waals surface area contributed by atoms with Gasteiger partial charge in [0.05, 0.1) is 11.4 Å². The van der Waals surface area contributed by atoms with E-state index in [1.807, 2.05) is 0 Å². The molecule has 0 spiro atoms. The van der Waals surface area contributed by atoms with Crippen LogP contribution < -0.4 is 10.9 Å². The Morgan fingerprint density at radius 1 is 1.37 bits per heavy atom. The number of amides is 1. The smallest absolute Gasteiger partial charge is 0.259 e. The van der Waals surface area contributed by atoms with Gasteiger partial charge in [0.2, 0.25) is 5.91 Å². The number of H-pyrrole nitrogens is 1. The van der Waals surface area contributed by atoms with Crippen LogP contribution in [0, 0.1) is 5.82 Å². The summed E-state index contributed by atoms with van der Waals surface area (Å²) in [5.41, 5.74) is 1.48. The predicted octanol–water partition coefficient (Wildman–Crippen LogP) is 3.42. The number of rotatable bonds is 5. The molecule has 0 aliphatic heterocycles. The zero-order valence-electron chi connectivity index (χ0n) is 15.0. The normalized spacial score (nSPS) is 14.3. The second kappa shape index (κ2) is 7.23. The van der Waals surface area contributed by atoms with Crippen LogP contribution in [0.2, 0.25) is 0 Å². The summed E-state index contributed by atoms with van der Waals surface area (Å²) in [4.78, 5) is 34.0. The Morgan fingerprint density at radius 3 is 3.00 bits per heavy atom. The summed E-state index contributed by atoms with van der Waals surface area (Å²) in [5.74, 6) is -0.0317. The molecule has 3 aromatic rings. The van der Waals surface area contributed by atoms with Crippen LogP contribution in [0.5, 0.6) is 0 Å². The number of nitrogens with one attached hydrogen (secondary N) is 2. The molecule has 0 saturated carbocycles. The van der Waals surface area contributed by atoms with Gasteiger partial charge in [-0.3, -0.25) is 9.59 Å². The molecule has 0 radical (unpaired) electrons. The number of halogens is 1. The Balaban J connectivity index is 1.43. The summed E-state index contributed by atoms with van der Waals surface area (Å²) in [6, 6.07) is 5.96. The summed E-state index contributed by atoms with van der Waals surface area (Å²) in [5, 5.41) is 3.51. The number of aromatic nitrogens is 2. The summed E-state index contributed by atoms with van der Waals surface area (Å²) < 4.78 is 13.8. The zero-order valence-corrected chi connectivity index (χ0v) is 15.8. The quantitative estimate of drug-likeness (QED) is 0.707. The minimum Gasteiger partial charge on any atom is -0.349 e. The van der Waals surface area contributed by atoms with Crippen molar-refractivity contribution in [3.8, 4) is 0 Å². The van der Waals surface area contributed by atoms with Crippen LogP contribution >= 0.6 is 11.3 Å². The number of fused-ring (bicyclic) bond motifs is 3. The highest BCUT2D eigenvalue weighted by Crippen LogP contribution is 2.34. The summed E-state index contributed by atoms with van der Waals surface area (Å²) in [6.07, 6.45) is 3.57. The molecular weight excluding hydrogens is 365 g/mol. The SMILES string of the molecule is CC(NC(=O)CCc1nc2sc3c(c2c(=O)[nH]1)CCC3)c1ccccc1F. The molecule has 1 aliphatic carbocycles. The fourth-order valence-electron chi connectivity index (χ4n) is 3.61. The van der Waals surface area contributed by atoms with E-state index in [2.05, 4.69) is 15.3 Å². The molecule has 140 valence electrons. The number of carbonyl (C=O) groups is 1. The molecule has 0 fully saturated rings. The first-order valence-electron chi connectivity index (χ1n) is 9.10. The third kappa shape index (κ3) is 3.51. The van der Waals surface area contributed by atoms with Gasteiger partial charge in [-0.15, -0.1) is 11.3 Å². The predicted molar refractivity (Wildman–Crippen MR) is 104 cm³/mol. The van der Waals surface area contributed by atoms with Gasteiger partial charge < -0.3 is 10.3 Å². The molecule has 1 atom stereocenters. The number of nitrogens with zero attached hydrogens (tertiary/aromatic N) is 1. The van der Waals surface area contributed by atoms with Crippen LogP contribution in [-0.4, -0.2) is 15.9 Å². The van der Waals surface area contributed by atoms with Gasteiger partial charge >= 0.3 is 0 Å². The molecule has 0 saturated heterocycles. The fourth-order valence-corrected chi connectivity index (χ4v) is 4.90. The molecule has 1 unspecified atom stereocenters. The molecule has 1 aliphatic rings. The van der Waals surface area contributed by atoms with E-state index in [-0.39, 0.29) is 23.7 Å². The molecule has 27 heavy (non-hydrogen) atoms. The van der Waals surface area contributed by atoms with Crippen LogP contribution in [0.3, 0.4) is 0 Å². The van der Waals surface area contributed by atoms with E-state index in [1.54, 1.807) is 36.5 Å². The zero-order chi connectivity index (χ0) is 19.0. The van der Waals surface area contributed by atoms with Gasteiger partial charge in [-0.05, 0) is 37.8 Å². The Hall–Kier alpha value is -2.54. The van der Waals surface area contributed by atoms with Crippen molar-refractivity contribution in [3.05, 3.63) is 62.3 Å². The fraction of sp³-hybridized carbons (Fsp3) is 0.350. The summed E-state index contributed by atoms with van der Waals surface area (Å²) >= 11 is 1.59. The monoisotopic (exact) mass is 385 g/mol. The van der Waals surface area contributed by atoms with Crippen LogP contribution in [0.1, 0.15) is 47.6 Å². The maximum Gasteiger partial charge on any atom is 0.259 e. The van der Waals surface area contributed by atoms with Crippen molar-refractivity contribution >= 4 is 27.5 Å². The highest BCUT2D eigenvalue weighted by molar-refractivity contribution is 7.18. The summed E-state index contributed by atoms with van der Waals surface area (Å²) in [6.45, 7) is 1.75. The Morgan fingerprint density at radius 2 is 2.19 bits per heavy atom. The number of thiophene rings is 1. The van der Waals surface area contributed by atoms with Crippen LogP contribution in [0.15, 0.2) is 29.1 Å². The van der Waals surface area contributed by atoms with Crippen LogP contribution in [-0.2, 0) is 24.1 Å². The minimum atomic E-state index is -0.423. The van der Waals surface area contributed by atoms with E-state index in [4.69, 9.17) is 0 Å². The first kappa shape index (κ1) is 17.9.